The number of hydrogen-bond acceptors (Lipinski definition) is 3. The topological polar surface area (TPSA) is 72.2 Å². The van der Waals surface area contributed by atoms with Gasteiger partial charge in [-0.3, -0.25) is 0 Å². The van der Waals surface area contributed by atoms with E-state index in [0.29, 0.717) is 5.92 Å². The van der Waals surface area contributed by atoms with Crippen LogP contribution in [0, 0.1) is 17.7 Å². The molecule has 0 amide bonds. The summed E-state index contributed by atoms with van der Waals surface area (Å²) in [6.45, 7) is 4.15. The summed E-state index contributed by atoms with van der Waals surface area (Å²) in [6, 6.07) is 2.35. The summed E-state index contributed by atoms with van der Waals surface area (Å²) in [6.07, 6.45) is 2.80. The number of nitrogens with one attached hydrogen (secondary N) is 1. The van der Waals surface area contributed by atoms with E-state index in [-0.39, 0.29) is 22.1 Å². The third-order valence-corrected chi connectivity index (χ3v) is 6.43. The summed E-state index contributed by atoms with van der Waals surface area (Å²) in [5, 5.41) is 0. The number of nitrogen functional groups attached to an aromatic ring is 1. The Balaban J connectivity index is 2.28. The largest absolute Gasteiger partial charge is 0.399 e. The van der Waals surface area contributed by atoms with Gasteiger partial charge in [-0.25, -0.2) is 17.5 Å². The number of sulfonamides is 1. The molecule has 1 aliphatic rings. The molecule has 0 radical (unpaired) electrons. The van der Waals surface area contributed by atoms with E-state index in [1.165, 1.54) is 6.07 Å². The Morgan fingerprint density at radius 3 is 2.67 bits per heavy atom. The predicted octanol–water partition coefficient (Wildman–Crippen LogP) is 3.27. The molecule has 1 aromatic rings. The highest BCUT2D eigenvalue weighted by Crippen LogP contribution is 2.35. The van der Waals surface area contributed by atoms with Gasteiger partial charge in [-0.05, 0) is 52.7 Å². The molecule has 7 heteroatoms. The summed E-state index contributed by atoms with van der Waals surface area (Å²) >= 11 is 2.99. The molecule has 0 saturated heterocycles. The monoisotopic (exact) mass is 378 g/mol. The second-order valence-corrected chi connectivity index (χ2v) is 8.18. The fourth-order valence-corrected chi connectivity index (χ4v) is 5.14. The van der Waals surface area contributed by atoms with Crippen molar-refractivity contribution in [2.45, 2.75) is 44.0 Å². The van der Waals surface area contributed by atoms with Crippen LogP contribution in [0.4, 0.5) is 10.1 Å². The maximum absolute atomic E-state index is 14.1. The minimum absolute atomic E-state index is 0.0498. The number of nitrogens with two attached hydrogens (primary N) is 1. The fraction of sp³-hybridized carbons (Fsp3) is 0.571. The first-order valence-corrected chi connectivity index (χ1v) is 9.30. The zero-order chi connectivity index (χ0) is 15.8. The Morgan fingerprint density at radius 1 is 1.43 bits per heavy atom. The van der Waals surface area contributed by atoms with E-state index >= 15 is 0 Å². The van der Waals surface area contributed by atoms with E-state index in [1.807, 2.05) is 6.92 Å². The van der Waals surface area contributed by atoms with E-state index in [0.717, 1.165) is 25.3 Å². The molecule has 1 aromatic carbocycles. The van der Waals surface area contributed by atoms with Crippen LogP contribution < -0.4 is 10.5 Å². The number of rotatable bonds is 4. The third-order valence-electron chi connectivity index (χ3n) is 4.36. The van der Waals surface area contributed by atoms with Crippen molar-refractivity contribution in [3.63, 3.8) is 0 Å². The van der Waals surface area contributed by atoms with Gasteiger partial charge in [0, 0.05) is 11.7 Å². The fourth-order valence-electron chi connectivity index (χ4n) is 3.03. The Morgan fingerprint density at radius 2 is 2.10 bits per heavy atom. The molecule has 3 atom stereocenters. The van der Waals surface area contributed by atoms with Crippen LogP contribution >= 0.6 is 15.9 Å². The quantitative estimate of drug-likeness (QED) is 0.789. The van der Waals surface area contributed by atoms with Gasteiger partial charge in [0.05, 0.1) is 4.47 Å². The lowest BCUT2D eigenvalue weighted by molar-refractivity contribution is 0.368. The van der Waals surface area contributed by atoms with Gasteiger partial charge in [-0.1, -0.05) is 20.3 Å². The van der Waals surface area contributed by atoms with Crippen molar-refractivity contribution in [3.05, 3.63) is 22.4 Å². The van der Waals surface area contributed by atoms with Gasteiger partial charge in [0.15, 0.2) is 5.82 Å². The normalized spacial score (nSPS) is 26.2. The Hall–Kier alpha value is -0.660. The lowest BCUT2D eigenvalue weighted by atomic mass is 9.94. The van der Waals surface area contributed by atoms with Crippen molar-refractivity contribution in [1.82, 2.24) is 4.72 Å². The minimum Gasteiger partial charge on any atom is -0.399 e. The Bertz CT molecular complexity index is 636. The molecule has 3 N–H and O–H groups in total. The minimum atomic E-state index is -3.92. The molecule has 4 nitrogen and oxygen atoms in total. The SMILES string of the molecule is CCC1CCC(NS(=O)(=O)c2cc(N)cc(Br)c2F)C1C. The molecule has 118 valence electrons. The molecule has 0 heterocycles. The van der Waals surface area contributed by atoms with Crippen molar-refractivity contribution in [2.24, 2.45) is 11.8 Å². The van der Waals surface area contributed by atoms with Crippen molar-refractivity contribution in [1.29, 1.82) is 0 Å². The van der Waals surface area contributed by atoms with Gasteiger partial charge in [-0.2, -0.15) is 0 Å². The summed E-state index contributed by atoms with van der Waals surface area (Å²) in [5.74, 6) is -0.0538. The third kappa shape index (κ3) is 3.40. The molecular formula is C14H20BrFN2O2S. The van der Waals surface area contributed by atoms with Crippen molar-refractivity contribution >= 4 is 31.6 Å². The molecule has 0 aromatic heterocycles. The zero-order valence-corrected chi connectivity index (χ0v) is 14.5. The predicted molar refractivity (Wildman–Crippen MR) is 84.8 cm³/mol. The molecule has 21 heavy (non-hydrogen) atoms. The molecule has 0 bridgehead atoms. The van der Waals surface area contributed by atoms with Gasteiger partial charge in [-0.15, -0.1) is 0 Å². The maximum Gasteiger partial charge on any atom is 0.243 e. The summed E-state index contributed by atoms with van der Waals surface area (Å²) < 4.78 is 41.6. The van der Waals surface area contributed by atoms with Crippen LogP contribution in [0.3, 0.4) is 0 Å². The molecule has 1 saturated carbocycles. The zero-order valence-electron chi connectivity index (χ0n) is 12.1. The molecule has 3 unspecified atom stereocenters. The average molecular weight is 379 g/mol. The van der Waals surface area contributed by atoms with E-state index in [1.54, 1.807) is 0 Å². The van der Waals surface area contributed by atoms with Gasteiger partial charge in [0.2, 0.25) is 10.0 Å². The number of anilines is 1. The Kier molecular flexibility index (Phi) is 4.95. The number of halogens is 2. The van der Waals surface area contributed by atoms with Gasteiger partial charge >= 0.3 is 0 Å². The van der Waals surface area contributed by atoms with Crippen LogP contribution in [0.2, 0.25) is 0 Å². The lowest BCUT2D eigenvalue weighted by Gasteiger charge is -2.21. The smallest absolute Gasteiger partial charge is 0.243 e. The van der Waals surface area contributed by atoms with Crippen molar-refractivity contribution < 1.29 is 12.8 Å². The summed E-state index contributed by atoms with van der Waals surface area (Å²) in [4.78, 5) is -0.401. The van der Waals surface area contributed by atoms with E-state index < -0.39 is 20.7 Å². The first-order valence-electron chi connectivity index (χ1n) is 7.03. The molecular weight excluding hydrogens is 359 g/mol. The summed E-state index contributed by atoms with van der Waals surface area (Å²) in [7, 11) is -3.92. The molecule has 0 aliphatic heterocycles. The number of hydrogen-bond donors (Lipinski definition) is 2. The average Bonchev–Trinajstić information content (AvgIpc) is 2.74. The number of benzene rings is 1. The Labute approximate surface area is 133 Å². The highest BCUT2D eigenvalue weighted by Gasteiger charge is 2.35. The molecule has 1 aliphatic carbocycles. The van der Waals surface area contributed by atoms with E-state index in [4.69, 9.17) is 5.73 Å². The van der Waals surface area contributed by atoms with Crippen LogP contribution in [0.5, 0.6) is 0 Å². The van der Waals surface area contributed by atoms with Crippen LogP contribution in [0.15, 0.2) is 21.5 Å². The maximum atomic E-state index is 14.1. The molecule has 2 rings (SSSR count). The van der Waals surface area contributed by atoms with E-state index in [2.05, 4.69) is 27.6 Å². The second kappa shape index (κ2) is 6.22. The molecule has 0 spiro atoms. The van der Waals surface area contributed by atoms with Crippen LogP contribution in [-0.4, -0.2) is 14.5 Å². The molecule has 1 fully saturated rings. The van der Waals surface area contributed by atoms with Crippen LogP contribution in [0.1, 0.15) is 33.1 Å². The van der Waals surface area contributed by atoms with Crippen LogP contribution in [-0.2, 0) is 10.0 Å². The van der Waals surface area contributed by atoms with Gasteiger partial charge in [0.25, 0.3) is 0 Å². The first kappa shape index (κ1) is 16.7. The standard InChI is InChI=1S/C14H20BrFN2O2S/c1-3-9-4-5-12(8(9)2)18-21(19,20)13-7-10(17)6-11(15)14(13)16/h6-9,12,18H,3-5,17H2,1-2H3. The highest BCUT2D eigenvalue weighted by molar-refractivity contribution is 9.10. The van der Waals surface area contributed by atoms with E-state index in [9.17, 15) is 12.8 Å². The van der Waals surface area contributed by atoms with Crippen molar-refractivity contribution in [2.75, 3.05) is 5.73 Å². The highest BCUT2D eigenvalue weighted by atomic mass is 79.9. The second-order valence-electron chi connectivity index (χ2n) is 5.65. The summed E-state index contributed by atoms with van der Waals surface area (Å²) in [5.41, 5.74) is 5.82. The van der Waals surface area contributed by atoms with Crippen molar-refractivity contribution in [3.8, 4) is 0 Å². The first-order chi connectivity index (χ1) is 9.76. The lowest BCUT2D eigenvalue weighted by Crippen LogP contribution is -2.37. The van der Waals surface area contributed by atoms with Gasteiger partial charge in [0.1, 0.15) is 4.90 Å². The van der Waals surface area contributed by atoms with Gasteiger partial charge < -0.3 is 5.73 Å². The van der Waals surface area contributed by atoms with Crippen LogP contribution in [0.25, 0.3) is 0 Å².